The maximum absolute atomic E-state index is 13.7. The van der Waals surface area contributed by atoms with E-state index in [0.717, 1.165) is 53.4 Å². The molecule has 9 nitrogen and oxygen atoms in total. The molecule has 12 heteroatoms. The number of hydrogen-bond donors (Lipinski definition) is 1. The minimum absolute atomic E-state index is 0.0448. The number of allylic oxidation sites excluding steroid dienone is 2. The van der Waals surface area contributed by atoms with Crippen LogP contribution in [0.4, 0.5) is 13.2 Å². The molecule has 2 amide bonds. The number of alkyl halides is 3. The lowest BCUT2D eigenvalue weighted by Gasteiger charge is -2.35. The van der Waals surface area contributed by atoms with E-state index in [0.29, 0.717) is 5.82 Å². The standard InChI is InChI=1S/C43H51F3N4O5/c1-3-28-4-8-30(9-5-28)31-12-14-32(15-13-31)36-24-47-41(48-25-36)33-10-6-29(7-11-33)26-50(27-40(52)53)42(54)34-18-20-49(21-19-34)39(51)22-35-16-17-37(55-2)23-38(35)43(44,45)46/h6-7,10-11,14,16-17,23-25,28,30-31,34H,3-5,8-9,12-13,15,18-22,26-27H2,1-2H3,(H,52,53). The van der Waals surface area contributed by atoms with Crippen molar-refractivity contribution in [2.45, 2.75) is 90.3 Å². The van der Waals surface area contributed by atoms with Gasteiger partial charge in [-0.15, -0.1) is 0 Å². The molecule has 2 aliphatic carbocycles. The van der Waals surface area contributed by atoms with Crippen molar-refractivity contribution in [3.8, 4) is 17.1 Å². The monoisotopic (exact) mass is 760 g/mol. The average Bonchev–Trinajstić information content (AvgIpc) is 3.20. The lowest BCUT2D eigenvalue weighted by Crippen LogP contribution is -2.45. The first-order valence-electron chi connectivity index (χ1n) is 19.5. The topological polar surface area (TPSA) is 113 Å². The van der Waals surface area contributed by atoms with Crippen molar-refractivity contribution in [1.29, 1.82) is 0 Å². The van der Waals surface area contributed by atoms with Gasteiger partial charge < -0.3 is 19.6 Å². The van der Waals surface area contributed by atoms with Crippen LogP contribution in [0, 0.1) is 23.7 Å². The summed E-state index contributed by atoms with van der Waals surface area (Å²) in [4.78, 5) is 50.5. The Kier molecular flexibility index (Phi) is 12.9. The molecule has 0 spiro atoms. The number of nitrogens with zero attached hydrogens (tertiary/aromatic N) is 4. The number of aliphatic carboxylic acids is 1. The number of halogens is 3. The first-order valence-corrected chi connectivity index (χ1v) is 19.5. The molecule has 1 N–H and O–H groups in total. The van der Waals surface area contributed by atoms with Crippen molar-refractivity contribution in [2.24, 2.45) is 23.7 Å². The number of aromatic nitrogens is 2. The number of carbonyl (C=O) groups is 3. The Hall–Kier alpha value is -4.74. The highest BCUT2D eigenvalue weighted by Gasteiger charge is 2.36. The predicted molar refractivity (Wildman–Crippen MR) is 203 cm³/mol. The third-order valence-electron chi connectivity index (χ3n) is 12.0. The maximum atomic E-state index is 13.7. The summed E-state index contributed by atoms with van der Waals surface area (Å²) in [5.74, 6) is 0.708. The van der Waals surface area contributed by atoms with Gasteiger partial charge in [0.2, 0.25) is 11.8 Å². The van der Waals surface area contributed by atoms with Crippen LogP contribution in [0.5, 0.6) is 5.75 Å². The van der Waals surface area contributed by atoms with E-state index < -0.39 is 42.5 Å². The summed E-state index contributed by atoms with van der Waals surface area (Å²) in [6.07, 6.45) is 11.8. The van der Waals surface area contributed by atoms with Gasteiger partial charge in [0.1, 0.15) is 12.3 Å². The Balaban J connectivity index is 1.02. The lowest BCUT2D eigenvalue weighted by molar-refractivity contribution is -0.148. The Morgan fingerprint density at radius 1 is 0.909 bits per heavy atom. The largest absolute Gasteiger partial charge is 0.497 e. The zero-order valence-electron chi connectivity index (χ0n) is 31.7. The summed E-state index contributed by atoms with van der Waals surface area (Å²) >= 11 is 0. The van der Waals surface area contributed by atoms with Crippen LogP contribution in [-0.2, 0) is 33.5 Å². The molecule has 1 aromatic heterocycles. The number of carboxylic acid groups (broad SMARTS) is 1. The smallest absolute Gasteiger partial charge is 0.416 e. The van der Waals surface area contributed by atoms with Gasteiger partial charge in [-0.1, -0.05) is 62.6 Å². The second-order valence-electron chi connectivity index (χ2n) is 15.4. The first kappa shape index (κ1) is 39.9. The van der Waals surface area contributed by atoms with E-state index in [9.17, 15) is 32.7 Å². The van der Waals surface area contributed by atoms with Crippen molar-refractivity contribution in [3.05, 3.63) is 83.2 Å². The Morgan fingerprint density at radius 2 is 1.60 bits per heavy atom. The molecule has 1 atom stereocenters. The van der Waals surface area contributed by atoms with Gasteiger partial charge in [-0.2, -0.15) is 13.2 Å². The van der Waals surface area contributed by atoms with E-state index in [1.807, 2.05) is 36.7 Å². The summed E-state index contributed by atoms with van der Waals surface area (Å²) in [7, 11) is 1.27. The number of piperidine rings is 1. The van der Waals surface area contributed by atoms with Crippen molar-refractivity contribution in [2.75, 3.05) is 26.7 Å². The van der Waals surface area contributed by atoms with E-state index in [1.54, 1.807) is 0 Å². The summed E-state index contributed by atoms with van der Waals surface area (Å²) in [6, 6.07) is 10.9. The minimum Gasteiger partial charge on any atom is -0.497 e. The van der Waals surface area contributed by atoms with Crippen LogP contribution >= 0.6 is 0 Å². The molecule has 1 unspecified atom stereocenters. The van der Waals surface area contributed by atoms with Crippen LogP contribution in [0.2, 0.25) is 0 Å². The highest BCUT2D eigenvalue weighted by Crippen LogP contribution is 2.42. The number of carbonyl (C=O) groups excluding carboxylic acids is 2. The molecular formula is C43H51F3N4O5. The Labute approximate surface area is 321 Å². The second-order valence-corrected chi connectivity index (χ2v) is 15.4. The fraction of sp³-hybridized carbons (Fsp3) is 0.512. The van der Waals surface area contributed by atoms with Crippen LogP contribution < -0.4 is 4.74 Å². The second kappa shape index (κ2) is 17.8. The molecule has 3 aliphatic rings. The zero-order valence-corrected chi connectivity index (χ0v) is 31.7. The maximum Gasteiger partial charge on any atom is 0.416 e. The van der Waals surface area contributed by atoms with Crippen LogP contribution in [0.1, 0.15) is 93.4 Å². The summed E-state index contributed by atoms with van der Waals surface area (Å²) in [6.45, 7) is 2.26. The van der Waals surface area contributed by atoms with Gasteiger partial charge in [0, 0.05) is 49.1 Å². The number of rotatable bonds is 12. The number of amides is 2. The molecule has 0 bridgehead atoms. The van der Waals surface area contributed by atoms with E-state index in [-0.39, 0.29) is 49.7 Å². The van der Waals surface area contributed by atoms with Gasteiger partial charge in [0.15, 0.2) is 5.82 Å². The van der Waals surface area contributed by atoms with Gasteiger partial charge in [-0.25, -0.2) is 9.97 Å². The molecule has 3 aromatic rings. The average molecular weight is 761 g/mol. The number of carboxylic acids is 1. The number of hydrogen-bond acceptors (Lipinski definition) is 6. The quantitative estimate of drug-likeness (QED) is 0.197. The van der Waals surface area contributed by atoms with Crippen LogP contribution in [0.15, 0.2) is 60.9 Å². The molecule has 2 heterocycles. The molecule has 0 radical (unpaired) electrons. The summed E-state index contributed by atoms with van der Waals surface area (Å²) in [5, 5.41) is 9.62. The van der Waals surface area contributed by atoms with Crippen LogP contribution in [0.25, 0.3) is 17.0 Å². The molecule has 1 saturated heterocycles. The van der Waals surface area contributed by atoms with Gasteiger partial charge in [-0.3, -0.25) is 14.4 Å². The van der Waals surface area contributed by atoms with Crippen LogP contribution in [-0.4, -0.2) is 69.4 Å². The Bertz CT molecular complexity index is 1830. The van der Waals surface area contributed by atoms with Gasteiger partial charge in [0.05, 0.1) is 19.1 Å². The fourth-order valence-corrected chi connectivity index (χ4v) is 8.62. The molecule has 2 aromatic carbocycles. The molecule has 55 heavy (non-hydrogen) atoms. The molecule has 2 fully saturated rings. The molecule has 294 valence electrons. The molecule has 1 aliphatic heterocycles. The highest BCUT2D eigenvalue weighted by molar-refractivity contribution is 5.84. The van der Waals surface area contributed by atoms with E-state index in [1.165, 1.54) is 73.1 Å². The lowest BCUT2D eigenvalue weighted by atomic mass is 9.71. The van der Waals surface area contributed by atoms with Gasteiger partial charge >= 0.3 is 12.1 Å². The first-order chi connectivity index (χ1) is 26.4. The van der Waals surface area contributed by atoms with Crippen molar-refractivity contribution >= 4 is 23.4 Å². The summed E-state index contributed by atoms with van der Waals surface area (Å²) < 4.78 is 46.0. The van der Waals surface area contributed by atoms with Crippen molar-refractivity contribution in [3.63, 3.8) is 0 Å². The van der Waals surface area contributed by atoms with E-state index >= 15 is 0 Å². The van der Waals surface area contributed by atoms with E-state index in [4.69, 9.17) is 4.74 Å². The number of methoxy groups -OCH3 is 1. The SMILES string of the molecule is CCC1CCC(C2CC=C(c3cnc(-c4ccc(CN(CC(=O)O)C(=O)C5CCN(C(=O)Cc6ccc(OC)cc6C(F)(F)F)CC5)cc4)nc3)CC2)CC1. The Morgan fingerprint density at radius 3 is 2.18 bits per heavy atom. The molecular weight excluding hydrogens is 709 g/mol. The van der Waals surface area contributed by atoms with E-state index in [2.05, 4.69) is 23.0 Å². The highest BCUT2D eigenvalue weighted by atomic mass is 19.4. The fourth-order valence-electron chi connectivity index (χ4n) is 8.62. The summed E-state index contributed by atoms with van der Waals surface area (Å²) in [5.41, 5.74) is 2.85. The third-order valence-corrected chi connectivity index (χ3v) is 12.0. The van der Waals surface area contributed by atoms with Gasteiger partial charge in [-0.05, 0) is 91.5 Å². The third kappa shape index (κ3) is 10.1. The predicted octanol–water partition coefficient (Wildman–Crippen LogP) is 8.47. The molecule has 6 rings (SSSR count). The zero-order chi connectivity index (χ0) is 39.1. The van der Waals surface area contributed by atoms with Crippen LogP contribution in [0.3, 0.4) is 0 Å². The molecule has 1 saturated carbocycles. The minimum atomic E-state index is -4.65. The number of likely N-dealkylation sites (tertiary alicyclic amines) is 1. The number of benzene rings is 2. The normalized spacial score (nSPS) is 20.8. The van der Waals surface area contributed by atoms with Gasteiger partial charge in [0.25, 0.3) is 0 Å². The van der Waals surface area contributed by atoms with Crippen molar-refractivity contribution in [1.82, 2.24) is 19.8 Å². The number of ether oxygens (including phenoxy) is 1. The van der Waals surface area contributed by atoms with Crippen molar-refractivity contribution < 1.29 is 37.4 Å².